The van der Waals surface area contributed by atoms with E-state index < -0.39 is 18.1 Å². The van der Waals surface area contributed by atoms with Crippen molar-refractivity contribution in [2.24, 2.45) is 0 Å². The van der Waals surface area contributed by atoms with Crippen LogP contribution in [0, 0.1) is 0 Å². The second-order valence-corrected chi connectivity index (χ2v) is 3.84. The second-order valence-electron chi connectivity index (χ2n) is 3.84. The Kier molecular flexibility index (Phi) is 6.16. The molecule has 1 unspecified atom stereocenters. The van der Waals surface area contributed by atoms with Crippen molar-refractivity contribution in [3.05, 3.63) is 12.7 Å². The third-order valence-corrected chi connectivity index (χ3v) is 2.47. The van der Waals surface area contributed by atoms with Crippen molar-refractivity contribution in [3.8, 4) is 0 Å². The van der Waals surface area contributed by atoms with Crippen LogP contribution in [0.5, 0.6) is 0 Å². The van der Waals surface area contributed by atoms with E-state index in [9.17, 15) is 9.59 Å². The van der Waals surface area contributed by atoms with Crippen molar-refractivity contribution >= 4 is 12.1 Å². The number of aliphatic carboxylic acids is 1. The number of carbonyl (C=O) groups is 2. The molecule has 1 atom stereocenters. The van der Waals surface area contributed by atoms with Gasteiger partial charge in [0.25, 0.3) is 0 Å². The van der Waals surface area contributed by atoms with E-state index in [1.54, 1.807) is 0 Å². The van der Waals surface area contributed by atoms with E-state index in [0.29, 0.717) is 26.3 Å². The van der Waals surface area contributed by atoms with Crippen molar-refractivity contribution in [2.75, 3.05) is 39.5 Å². The largest absolute Gasteiger partial charge is 0.480 e. The minimum absolute atomic E-state index is 0.0513. The summed E-state index contributed by atoms with van der Waals surface area (Å²) in [6, 6.07) is -0.986. The van der Waals surface area contributed by atoms with Gasteiger partial charge in [0, 0.05) is 19.6 Å². The molecule has 1 fully saturated rings. The highest BCUT2D eigenvalue weighted by molar-refractivity contribution is 5.80. The summed E-state index contributed by atoms with van der Waals surface area (Å²) in [5.74, 6) is -1.09. The van der Waals surface area contributed by atoms with Crippen LogP contribution in [0.4, 0.5) is 4.79 Å². The first-order chi connectivity index (χ1) is 8.63. The minimum atomic E-state index is -1.09. The molecule has 1 heterocycles. The van der Waals surface area contributed by atoms with Crippen LogP contribution in [0.3, 0.4) is 0 Å². The Bertz CT molecular complexity index is 302. The van der Waals surface area contributed by atoms with Crippen LogP contribution in [0.15, 0.2) is 12.7 Å². The van der Waals surface area contributed by atoms with Gasteiger partial charge >= 0.3 is 12.1 Å². The zero-order valence-corrected chi connectivity index (χ0v) is 10.1. The predicted molar refractivity (Wildman–Crippen MR) is 63.4 cm³/mol. The fraction of sp³-hybridized carbons (Fsp3) is 0.636. The molecule has 102 valence electrons. The molecule has 0 aliphatic carbocycles. The van der Waals surface area contributed by atoms with Crippen LogP contribution in [-0.2, 0) is 14.3 Å². The van der Waals surface area contributed by atoms with Gasteiger partial charge < -0.3 is 19.9 Å². The van der Waals surface area contributed by atoms with Crippen molar-refractivity contribution in [3.63, 3.8) is 0 Å². The molecule has 1 amide bonds. The molecule has 7 nitrogen and oxygen atoms in total. The summed E-state index contributed by atoms with van der Waals surface area (Å²) in [7, 11) is 0. The van der Waals surface area contributed by atoms with Gasteiger partial charge in [-0.3, -0.25) is 4.90 Å². The molecule has 0 radical (unpaired) electrons. The molecule has 0 spiro atoms. The maximum atomic E-state index is 11.3. The number of carbonyl (C=O) groups excluding carboxylic acids is 1. The maximum absolute atomic E-state index is 11.3. The Labute approximate surface area is 105 Å². The number of ether oxygens (including phenoxy) is 2. The lowest BCUT2D eigenvalue weighted by Gasteiger charge is -2.28. The third-order valence-electron chi connectivity index (χ3n) is 2.47. The Morgan fingerprint density at radius 2 is 2.17 bits per heavy atom. The number of rotatable bonds is 6. The number of morpholine rings is 1. The SMILES string of the molecule is C=CCOC(=O)NC(CN1CCOCC1)C(=O)O. The molecule has 0 aromatic rings. The van der Waals surface area contributed by atoms with E-state index in [2.05, 4.69) is 16.6 Å². The van der Waals surface area contributed by atoms with E-state index in [4.69, 9.17) is 9.84 Å². The summed E-state index contributed by atoms with van der Waals surface area (Å²) in [6.07, 6.45) is 0.660. The van der Waals surface area contributed by atoms with Gasteiger partial charge in [-0.15, -0.1) is 0 Å². The Hall–Kier alpha value is -1.60. The molecule has 0 bridgehead atoms. The lowest BCUT2D eigenvalue weighted by molar-refractivity contribution is -0.140. The quantitative estimate of drug-likeness (QED) is 0.635. The van der Waals surface area contributed by atoms with E-state index in [1.165, 1.54) is 6.08 Å². The molecular weight excluding hydrogens is 240 g/mol. The van der Waals surface area contributed by atoms with Gasteiger partial charge in [0.2, 0.25) is 0 Å². The van der Waals surface area contributed by atoms with Crippen LogP contribution in [0.1, 0.15) is 0 Å². The van der Waals surface area contributed by atoms with Crippen LogP contribution in [0.25, 0.3) is 0 Å². The minimum Gasteiger partial charge on any atom is -0.480 e. The standard InChI is InChI=1S/C11H18N2O5/c1-2-5-18-11(16)12-9(10(14)15)8-13-3-6-17-7-4-13/h2,9H,1,3-8H2,(H,12,16)(H,14,15). The summed E-state index contributed by atoms with van der Waals surface area (Å²) in [6.45, 7) is 6.16. The number of carboxylic acid groups (broad SMARTS) is 1. The van der Waals surface area contributed by atoms with Gasteiger partial charge in [0.05, 0.1) is 13.2 Å². The first-order valence-corrected chi connectivity index (χ1v) is 5.70. The monoisotopic (exact) mass is 258 g/mol. The van der Waals surface area contributed by atoms with Crippen molar-refractivity contribution in [1.29, 1.82) is 0 Å². The summed E-state index contributed by atoms with van der Waals surface area (Å²) in [5.41, 5.74) is 0. The Morgan fingerprint density at radius 3 is 2.72 bits per heavy atom. The number of hydrogen-bond acceptors (Lipinski definition) is 5. The Balaban J connectivity index is 2.40. The molecule has 1 aliphatic heterocycles. The lowest BCUT2D eigenvalue weighted by atomic mass is 10.2. The highest BCUT2D eigenvalue weighted by Gasteiger charge is 2.24. The van der Waals surface area contributed by atoms with Gasteiger partial charge in [-0.25, -0.2) is 9.59 Å². The highest BCUT2D eigenvalue weighted by atomic mass is 16.5. The molecule has 1 saturated heterocycles. The van der Waals surface area contributed by atoms with Crippen LogP contribution >= 0.6 is 0 Å². The van der Waals surface area contributed by atoms with E-state index in [-0.39, 0.29) is 13.2 Å². The molecule has 0 saturated carbocycles. The molecule has 0 aromatic heterocycles. The molecule has 7 heteroatoms. The normalized spacial score (nSPS) is 17.8. The zero-order valence-electron chi connectivity index (χ0n) is 10.1. The summed E-state index contributed by atoms with van der Waals surface area (Å²) >= 11 is 0. The molecule has 1 aliphatic rings. The van der Waals surface area contributed by atoms with Gasteiger partial charge in [-0.1, -0.05) is 12.7 Å². The highest BCUT2D eigenvalue weighted by Crippen LogP contribution is 1.99. The van der Waals surface area contributed by atoms with Gasteiger partial charge in [0.15, 0.2) is 0 Å². The van der Waals surface area contributed by atoms with Crippen molar-refractivity contribution < 1.29 is 24.2 Å². The van der Waals surface area contributed by atoms with Gasteiger partial charge in [-0.05, 0) is 0 Å². The molecular formula is C11H18N2O5. The van der Waals surface area contributed by atoms with Crippen LogP contribution in [0.2, 0.25) is 0 Å². The molecule has 1 rings (SSSR count). The van der Waals surface area contributed by atoms with Crippen LogP contribution < -0.4 is 5.32 Å². The topological polar surface area (TPSA) is 88.1 Å². The second kappa shape index (κ2) is 7.67. The number of amides is 1. The molecule has 18 heavy (non-hydrogen) atoms. The lowest BCUT2D eigenvalue weighted by Crippen LogP contribution is -2.51. The average Bonchev–Trinajstić information content (AvgIpc) is 2.36. The summed E-state index contributed by atoms with van der Waals surface area (Å²) in [4.78, 5) is 24.2. The molecule has 2 N–H and O–H groups in total. The Morgan fingerprint density at radius 1 is 1.50 bits per heavy atom. The summed E-state index contributed by atoms with van der Waals surface area (Å²) in [5, 5.41) is 11.3. The number of nitrogens with zero attached hydrogens (tertiary/aromatic N) is 1. The smallest absolute Gasteiger partial charge is 0.408 e. The van der Waals surface area contributed by atoms with Crippen molar-refractivity contribution in [1.82, 2.24) is 10.2 Å². The van der Waals surface area contributed by atoms with E-state index in [1.807, 2.05) is 4.90 Å². The third kappa shape index (κ3) is 5.15. The van der Waals surface area contributed by atoms with E-state index >= 15 is 0 Å². The van der Waals surface area contributed by atoms with Gasteiger partial charge in [-0.2, -0.15) is 0 Å². The predicted octanol–water partition coefficient (Wildman–Crippen LogP) is -0.316. The maximum Gasteiger partial charge on any atom is 0.408 e. The van der Waals surface area contributed by atoms with Gasteiger partial charge in [0.1, 0.15) is 12.6 Å². The fourth-order valence-corrected chi connectivity index (χ4v) is 1.55. The van der Waals surface area contributed by atoms with Crippen molar-refractivity contribution in [2.45, 2.75) is 6.04 Å². The first kappa shape index (κ1) is 14.5. The number of hydrogen-bond donors (Lipinski definition) is 2. The molecule has 0 aromatic carbocycles. The first-order valence-electron chi connectivity index (χ1n) is 5.70. The number of nitrogens with one attached hydrogen (secondary N) is 1. The van der Waals surface area contributed by atoms with E-state index in [0.717, 1.165) is 0 Å². The number of alkyl carbamates (subject to hydrolysis) is 1. The number of carboxylic acids is 1. The zero-order chi connectivity index (χ0) is 13.4. The summed E-state index contributed by atoms with van der Waals surface area (Å²) < 4.78 is 9.85. The average molecular weight is 258 g/mol. The fourth-order valence-electron chi connectivity index (χ4n) is 1.55. The van der Waals surface area contributed by atoms with Crippen LogP contribution in [-0.4, -0.2) is 67.6 Å².